The number of carbonyl (C=O) groups excluding carboxylic acids is 1. The maximum atomic E-state index is 12.0. The minimum atomic E-state index is -0.969. The number of carbonyl (C=O) groups is 2. The molecule has 2 aliphatic rings. The third-order valence-corrected chi connectivity index (χ3v) is 4.39. The molecule has 1 aromatic rings. The highest BCUT2D eigenvalue weighted by Gasteiger charge is 2.27. The van der Waals surface area contributed by atoms with Gasteiger partial charge in [0.1, 0.15) is 0 Å². The van der Waals surface area contributed by atoms with Crippen LogP contribution in [0.5, 0.6) is 0 Å². The van der Waals surface area contributed by atoms with Crippen LogP contribution >= 0.6 is 11.8 Å². The molecule has 22 heavy (non-hydrogen) atoms. The molecular weight excluding hydrogens is 304 g/mol. The van der Waals surface area contributed by atoms with Crippen molar-refractivity contribution in [2.75, 3.05) is 26.3 Å². The number of benzene rings is 1. The van der Waals surface area contributed by atoms with Gasteiger partial charge in [-0.25, -0.2) is 4.79 Å². The summed E-state index contributed by atoms with van der Waals surface area (Å²) >= 11 is 1.35. The Kier molecular flexibility index (Phi) is 4.26. The topological polar surface area (TPSA) is 79.2 Å². The number of amidine groups is 1. The molecule has 6 nitrogen and oxygen atoms in total. The number of ether oxygens (including phenoxy) is 1. The maximum absolute atomic E-state index is 12.0. The van der Waals surface area contributed by atoms with Crippen LogP contribution in [0.15, 0.2) is 34.2 Å². The zero-order chi connectivity index (χ0) is 15.5. The van der Waals surface area contributed by atoms with E-state index in [2.05, 4.69) is 4.99 Å². The van der Waals surface area contributed by atoms with Crippen molar-refractivity contribution in [2.45, 2.75) is 0 Å². The number of hydrogen-bond donors (Lipinski definition) is 1. The van der Waals surface area contributed by atoms with Crippen molar-refractivity contribution in [3.8, 4) is 0 Å². The SMILES string of the molecule is O=C1N=C(N2CCOCC2)SC1=Cc1ccc(C(=O)O)cc1. The Morgan fingerprint density at radius 1 is 1.27 bits per heavy atom. The second kappa shape index (κ2) is 6.33. The fraction of sp³-hybridized carbons (Fsp3) is 0.267. The number of aliphatic imine (C=N–C) groups is 1. The smallest absolute Gasteiger partial charge is 0.335 e. The fourth-order valence-electron chi connectivity index (χ4n) is 2.16. The number of rotatable bonds is 2. The van der Waals surface area contributed by atoms with Gasteiger partial charge in [0.25, 0.3) is 5.91 Å². The summed E-state index contributed by atoms with van der Waals surface area (Å²) in [6, 6.07) is 6.39. The van der Waals surface area contributed by atoms with Gasteiger partial charge < -0.3 is 14.7 Å². The van der Waals surface area contributed by atoms with Crippen molar-refractivity contribution in [3.63, 3.8) is 0 Å². The quantitative estimate of drug-likeness (QED) is 0.836. The molecule has 1 amide bonds. The van der Waals surface area contributed by atoms with Gasteiger partial charge in [-0.15, -0.1) is 0 Å². The van der Waals surface area contributed by atoms with Crippen LogP contribution in [0.25, 0.3) is 6.08 Å². The fourth-order valence-corrected chi connectivity index (χ4v) is 3.13. The predicted molar refractivity (Wildman–Crippen MR) is 83.8 cm³/mol. The monoisotopic (exact) mass is 318 g/mol. The predicted octanol–water partition coefficient (Wildman–Crippen LogP) is 1.69. The van der Waals surface area contributed by atoms with Gasteiger partial charge in [-0.1, -0.05) is 12.1 Å². The summed E-state index contributed by atoms with van der Waals surface area (Å²) in [6.45, 7) is 2.76. The third kappa shape index (κ3) is 3.20. The molecule has 0 unspecified atom stereocenters. The van der Waals surface area contributed by atoms with E-state index in [0.29, 0.717) is 23.3 Å². The molecule has 0 radical (unpaired) electrons. The van der Waals surface area contributed by atoms with E-state index in [1.54, 1.807) is 18.2 Å². The van der Waals surface area contributed by atoms with E-state index in [-0.39, 0.29) is 11.5 Å². The highest BCUT2D eigenvalue weighted by atomic mass is 32.2. The standard InChI is InChI=1S/C15H14N2O4S/c18-13-12(9-10-1-3-11(4-2-10)14(19)20)22-15(16-13)17-5-7-21-8-6-17/h1-4,9H,5-8H2,(H,19,20). The first-order valence-electron chi connectivity index (χ1n) is 6.82. The number of carboxylic acid groups (broad SMARTS) is 1. The molecule has 0 spiro atoms. The summed E-state index contributed by atoms with van der Waals surface area (Å²) < 4.78 is 5.29. The number of thioether (sulfide) groups is 1. The van der Waals surface area contributed by atoms with Crippen molar-refractivity contribution in [1.29, 1.82) is 0 Å². The first-order valence-corrected chi connectivity index (χ1v) is 7.64. The van der Waals surface area contributed by atoms with Crippen LogP contribution in [0, 0.1) is 0 Å². The highest BCUT2D eigenvalue weighted by Crippen LogP contribution is 2.30. The van der Waals surface area contributed by atoms with E-state index in [9.17, 15) is 9.59 Å². The zero-order valence-electron chi connectivity index (χ0n) is 11.7. The molecule has 2 aliphatic heterocycles. The van der Waals surface area contributed by atoms with Crippen LogP contribution in [0.4, 0.5) is 0 Å². The second-order valence-corrected chi connectivity index (χ2v) is 5.85. The van der Waals surface area contributed by atoms with Gasteiger partial charge in [-0.2, -0.15) is 4.99 Å². The van der Waals surface area contributed by atoms with Gasteiger partial charge in [0, 0.05) is 13.1 Å². The molecule has 0 saturated carbocycles. The summed E-state index contributed by atoms with van der Waals surface area (Å²) in [6.07, 6.45) is 1.73. The summed E-state index contributed by atoms with van der Waals surface area (Å²) in [5, 5.41) is 9.58. The van der Waals surface area contributed by atoms with Gasteiger partial charge in [0.2, 0.25) is 0 Å². The minimum Gasteiger partial charge on any atom is -0.478 e. The Morgan fingerprint density at radius 3 is 2.59 bits per heavy atom. The summed E-state index contributed by atoms with van der Waals surface area (Å²) in [7, 11) is 0. The maximum Gasteiger partial charge on any atom is 0.335 e. The molecule has 2 heterocycles. The van der Waals surface area contributed by atoms with Gasteiger partial charge in [0.15, 0.2) is 5.17 Å². The highest BCUT2D eigenvalue weighted by molar-refractivity contribution is 8.18. The molecule has 7 heteroatoms. The number of carboxylic acids is 1. The Morgan fingerprint density at radius 2 is 1.95 bits per heavy atom. The molecule has 1 fully saturated rings. The number of hydrogen-bond acceptors (Lipinski definition) is 5. The molecule has 3 rings (SSSR count). The van der Waals surface area contributed by atoms with Crippen molar-refractivity contribution in [1.82, 2.24) is 4.90 Å². The van der Waals surface area contributed by atoms with Crippen LogP contribution < -0.4 is 0 Å². The number of morpholine rings is 1. The first kappa shape index (κ1) is 14.8. The molecule has 0 bridgehead atoms. The van der Waals surface area contributed by atoms with Gasteiger partial charge >= 0.3 is 5.97 Å². The average Bonchev–Trinajstić information content (AvgIpc) is 2.90. The number of amides is 1. The summed E-state index contributed by atoms with van der Waals surface area (Å²) in [5.74, 6) is -1.22. The van der Waals surface area contributed by atoms with Gasteiger partial charge in [-0.3, -0.25) is 4.79 Å². The van der Waals surface area contributed by atoms with Crippen LogP contribution in [0.1, 0.15) is 15.9 Å². The van der Waals surface area contributed by atoms with E-state index in [4.69, 9.17) is 9.84 Å². The van der Waals surface area contributed by atoms with Gasteiger partial charge in [0.05, 0.1) is 23.7 Å². The Hall–Kier alpha value is -2.12. The normalized spacial score (nSPS) is 20.4. The molecule has 1 saturated heterocycles. The van der Waals surface area contributed by atoms with Crippen molar-refractivity contribution in [3.05, 3.63) is 40.3 Å². The summed E-state index contributed by atoms with van der Waals surface area (Å²) in [4.78, 5) is 29.5. The van der Waals surface area contributed by atoms with E-state index < -0.39 is 5.97 Å². The van der Waals surface area contributed by atoms with Crippen molar-refractivity contribution >= 4 is 34.9 Å². The van der Waals surface area contributed by atoms with E-state index in [0.717, 1.165) is 18.7 Å². The first-order chi connectivity index (χ1) is 10.6. The third-order valence-electron chi connectivity index (χ3n) is 3.35. The van der Waals surface area contributed by atoms with E-state index >= 15 is 0 Å². The molecule has 0 aliphatic carbocycles. The van der Waals surface area contributed by atoms with Crippen LogP contribution in [0.3, 0.4) is 0 Å². The molecule has 0 atom stereocenters. The zero-order valence-corrected chi connectivity index (χ0v) is 12.5. The van der Waals surface area contributed by atoms with Crippen molar-refractivity contribution < 1.29 is 19.4 Å². The summed E-state index contributed by atoms with van der Waals surface area (Å²) in [5.41, 5.74) is 0.997. The van der Waals surface area contributed by atoms with Crippen LogP contribution in [-0.4, -0.2) is 53.4 Å². The van der Waals surface area contributed by atoms with Gasteiger partial charge in [-0.05, 0) is 35.5 Å². The minimum absolute atomic E-state index is 0.220. The Bertz CT molecular complexity index is 661. The van der Waals surface area contributed by atoms with Crippen LogP contribution in [0.2, 0.25) is 0 Å². The second-order valence-electron chi connectivity index (χ2n) is 4.84. The molecule has 1 aromatic carbocycles. The largest absolute Gasteiger partial charge is 0.478 e. The molecule has 0 aromatic heterocycles. The lowest BCUT2D eigenvalue weighted by Crippen LogP contribution is -2.38. The average molecular weight is 318 g/mol. The Balaban J connectivity index is 1.73. The van der Waals surface area contributed by atoms with E-state index in [1.165, 1.54) is 23.9 Å². The molecule has 114 valence electrons. The molecular formula is C15H14N2O4S. The van der Waals surface area contributed by atoms with E-state index in [1.807, 2.05) is 4.90 Å². The number of nitrogens with zero attached hydrogens (tertiary/aromatic N) is 2. The van der Waals surface area contributed by atoms with Crippen LogP contribution in [-0.2, 0) is 9.53 Å². The molecule has 1 N–H and O–H groups in total. The Labute approximate surface area is 131 Å². The van der Waals surface area contributed by atoms with Crippen molar-refractivity contribution in [2.24, 2.45) is 4.99 Å². The lowest BCUT2D eigenvalue weighted by atomic mass is 10.1. The lowest BCUT2D eigenvalue weighted by Gasteiger charge is -2.27. The lowest BCUT2D eigenvalue weighted by molar-refractivity contribution is -0.113. The number of aromatic carboxylic acids is 1.